The second-order valence-corrected chi connectivity index (χ2v) is 5.40. The van der Waals surface area contributed by atoms with Crippen LogP contribution in [0.3, 0.4) is 0 Å². The second kappa shape index (κ2) is 10.1. The minimum atomic E-state index is 0.355. The van der Waals surface area contributed by atoms with Gasteiger partial charge in [-0.1, -0.05) is 40.5 Å². The number of rotatable bonds is 10. The van der Waals surface area contributed by atoms with E-state index in [1.54, 1.807) is 0 Å². The van der Waals surface area contributed by atoms with E-state index in [9.17, 15) is 0 Å². The van der Waals surface area contributed by atoms with Crippen molar-refractivity contribution < 1.29 is 0 Å². The van der Waals surface area contributed by atoms with Crippen molar-refractivity contribution >= 4 is 0 Å². The average molecular weight is 228 g/mol. The zero-order valence-electron chi connectivity index (χ0n) is 11.8. The largest absolute Gasteiger partial charge is 0.327 e. The molecule has 1 unspecified atom stereocenters. The summed E-state index contributed by atoms with van der Waals surface area (Å²) in [4.78, 5) is 2.56. The van der Waals surface area contributed by atoms with E-state index >= 15 is 0 Å². The molecule has 0 aromatic heterocycles. The second-order valence-electron chi connectivity index (χ2n) is 5.40. The normalized spacial score (nSPS) is 13.7. The van der Waals surface area contributed by atoms with Gasteiger partial charge in [-0.2, -0.15) is 0 Å². The third-order valence-electron chi connectivity index (χ3n) is 2.92. The molecule has 0 spiro atoms. The van der Waals surface area contributed by atoms with Crippen LogP contribution in [0.2, 0.25) is 0 Å². The van der Waals surface area contributed by atoms with Gasteiger partial charge in [-0.25, -0.2) is 0 Å². The minimum absolute atomic E-state index is 0.355. The van der Waals surface area contributed by atoms with Crippen molar-refractivity contribution in [3.8, 4) is 0 Å². The highest BCUT2D eigenvalue weighted by Crippen LogP contribution is 2.06. The summed E-state index contributed by atoms with van der Waals surface area (Å²) in [6.45, 7) is 12.5. The predicted octanol–water partition coefficient (Wildman–Crippen LogP) is 3.26. The van der Waals surface area contributed by atoms with Gasteiger partial charge in [-0.15, -0.1) is 0 Å². The van der Waals surface area contributed by atoms with Crippen molar-refractivity contribution in [3.63, 3.8) is 0 Å². The molecule has 2 nitrogen and oxygen atoms in total. The van der Waals surface area contributed by atoms with Crippen molar-refractivity contribution in [1.82, 2.24) is 4.90 Å². The average Bonchev–Trinajstić information content (AvgIpc) is 2.20. The topological polar surface area (TPSA) is 29.3 Å². The fraction of sp³-hybridized carbons (Fsp3) is 1.00. The molecule has 0 aromatic rings. The fourth-order valence-corrected chi connectivity index (χ4v) is 2.07. The highest BCUT2D eigenvalue weighted by Gasteiger charge is 2.11. The molecule has 16 heavy (non-hydrogen) atoms. The van der Waals surface area contributed by atoms with Gasteiger partial charge in [0.25, 0.3) is 0 Å². The van der Waals surface area contributed by atoms with Crippen molar-refractivity contribution in [1.29, 1.82) is 0 Å². The van der Waals surface area contributed by atoms with Crippen LogP contribution in [0.4, 0.5) is 0 Å². The van der Waals surface area contributed by atoms with E-state index < -0.39 is 0 Å². The van der Waals surface area contributed by atoms with Crippen molar-refractivity contribution in [2.24, 2.45) is 11.7 Å². The maximum atomic E-state index is 6.18. The monoisotopic (exact) mass is 228 g/mol. The van der Waals surface area contributed by atoms with Crippen LogP contribution < -0.4 is 5.73 Å². The lowest BCUT2D eigenvalue weighted by Crippen LogP contribution is -2.39. The quantitative estimate of drug-likeness (QED) is 0.622. The summed E-state index contributed by atoms with van der Waals surface area (Å²) in [5, 5.41) is 0. The molecule has 0 fully saturated rings. The van der Waals surface area contributed by atoms with Crippen molar-refractivity contribution in [3.05, 3.63) is 0 Å². The molecular weight excluding hydrogens is 196 g/mol. The van der Waals surface area contributed by atoms with Crippen LogP contribution in [-0.4, -0.2) is 30.6 Å². The third kappa shape index (κ3) is 9.17. The fourth-order valence-electron chi connectivity index (χ4n) is 2.07. The number of hydrogen-bond donors (Lipinski definition) is 1. The van der Waals surface area contributed by atoms with Crippen LogP contribution in [0.5, 0.6) is 0 Å². The maximum absolute atomic E-state index is 6.18. The van der Waals surface area contributed by atoms with E-state index in [-0.39, 0.29) is 0 Å². The summed E-state index contributed by atoms with van der Waals surface area (Å²) in [5.74, 6) is 0.717. The Balaban J connectivity index is 3.87. The molecule has 0 bridgehead atoms. The van der Waals surface area contributed by atoms with Gasteiger partial charge in [0.1, 0.15) is 0 Å². The van der Waals surface area contributed by atoms with E-state index in [1.165, 1.54) is 38.8 Å². The van der Waals surface area contributed by atoms with Gasteiger partial charge in [-0.05, 0) is 38.3 Å². The highest BCUT2D eigenvalue weighted by atomic mass is 15.1. The smallest absolute Gasteiger partial charge is 0.0170 e. The standard InChI is InChI=1S/C14H32N2/c1-5-7-9-16(10-8-6-2)12-14(15)11-13(3)4/h13-14H,5-12,15H2,1-4H3. The molecule has 0 radical (unpaired) electrons. The lowest BCUT2D eigenvalue weighted by molar-refractivity contribution is 0.239. The van der Waals surface area contributed by atoms with E-state index in [0.29, 0.717) is 12.0 Å². The number of hydrogen-bond acceptors (Lipinski definition) is 2. The van der Waals surface area contributed by atoms with Crippen LogP contribution >= 0.6 is 0 Å². The van der Waals surface area contributed by atoms with Crippen molar-refractivity contribution in [2.45, 2.75) is 65.8 Å². The molecule has 0 aliphatic rings. The summed E-state index contributed by atoms with van der Waals surface area (Å²) in [7, 11) is 0. The zero-order valence-corrected chi connectivity index (χ0v) is 11.8. The molecule has 0 amide bonds. The Morgan fingerprint density at radius 3 is 1.88 bits per heavy atom. The van der Waals surface area contributed by atoms with E-state index in [2.05, 4.69) is 32.6 Å². The van der Waals surface area contributed by atoms with Crippen molar-refractivity contribution in [2.75, 3.05) is 19.6 Å². The van der Waals surface area contributed by atoms with Gasteiger partial charge in [0, 0.05) is 12.6 Å². The van der Waals surface area contributed by atoms with E-state index in [1.807, 2.05) is 0 Å². The van der Waals surface area contributed by atoms with Gasteiger partial charge in [0.05, 0.1) is 0 Å². The Labute approximate surface area is 103 Å². The molecule has 0 saturated carbocycles. The molecule has 0 aromatic carbocycles. The maximum Gasteiger partial charge on any atom is 0.0170 e. The van der Waals surface area contributed by atoms with Gasteiger partial charge in [0.2, 0.25) is 0 Å². The first kappa shape index (κ1) is 15.9. The number of nitrogens with zero attached hydrogens (tertiary/aromatic N) is 1. The van der Waals surface area contributed by atoms with Gasteiger partial charge < -0.3 is 10.6 Å². The Hall–Kier alpha value is -0.0800. The molecule has 98 valence electrons. The molecule has 2 heteroatoms. The Kier molecular flexibility index (Phi) is 10.0. The minimum Gasteiger partial charge on any atom is -0.327 e. The molecule has 0 heterocycles. The molecule has 1 atom stereocenters. The van der Waals surface area contributed by atoms with Crippen LogP contribution in [0, 0.1) is 5.92 Å². The van der Waals surface area contributed by atoms with Gasteiger partial charge in [0.15, 0.2) is 0 Å². The summed E-state index contributed by atoms with van der Waals surface area (Å²) >= 11 is 0. The first-order valence-electron chi connectivity index (χ1n) is 7.08. The van der Waals surface area contributed by atoms with Crippen LogP contribution in [0.25, 0.3) is 0 Å². The summed E-state index contributed by atoms with van der Waals surface area (Å²) in [6, 6.07) is 0.355. The first-order valence-corrected chi connectivity index (χ1v) is 7.08. The molecule has 0 aliphatic heterocycles. The number of unbranched alkanes of at least 4 members (excludes halogenated alkanes) is 2. The predicted molar refractivity (Wildman–Crippen MR) is 73.7 cm³/mol. The first-order chi connectivity index (χ1) is 7.60. The highest BCUT2D eigenvalue weighted by molar-refractivity contribution is 4.70. The lowest BCUT2D eigenvalue weighted by Gasteiger charge is -2.26. The summed E-state index contributed by atoms with van der Waals surface area (Å²) in [5.41, 5.74) is 6.18. The molecule has 0 rings (SSSR count). The van der Waals surface area contributed by atoms with Gasteiger partial charge >= 0.3 is 0 Å². The van der Waals surface area contributed by atoms with Crippen LogP contribution in [0.1, 0.15) is 59.8 Å². The Morgan fingerprint density at radius 1 is 1.00 bits per heavy atom. The Bertz CT molecular complexity index is 138. The lowest BCUT2D eigenvalue weighted by atomic mass is 10.0. The summed E-state index contributed by atoms with van der Waals surface area (Å²) < 4.78 is 0. The van der Waals surface area contributed by atoms with Crippen LogP contribution in [-0.2, 0) is 0 Å². The molecule has 2 N–H and O–H groups in total. The van der Waals surface area contributed by atoms with E-state index in [0.717, 1.165) is 13.0 Å². The summed E-state index contributed by atoms with van der Waals surface area (Å²) in [6.07, 6.45) is 6.31. The van der Waals surface area contributed by atoms with Gasteiger partial charge in [-0.3, -0.25) is 0 Å². The van der Waals surface area contributed by atoms with E-state index in [4.69, 9.17) is 5.73 Å². The molecule has 0 saturated heterocycles. The SMILES string of the molecule is CCCCN(CCCC)CC(N)CC(C)C. The molecule has 0 aliphatic carbocycles. The molecular formula is C14H32N2. The van der Waals surface area contributed by atoms with Crippen LogP contribution in [0.15, 0.2) is 0 Å². The zero-order chi connectivity index (χ0) is 12.4. The Morgan fingerprint density at radius 2 is 1.50 bits per heavy atom. The third-order valence-corrected chi connectivity index (χ3v) is 2.92. The number of nitrogens with two attached hydrogens (primary N) is 1.